The topological polar surface area (TPSA) is 41.6 Å². The van der Waals surface area contributed by atoms with Gasteiger partial charge in [0.05, 0.1) is 0 Å². The molecule has 0 aromatic carbocycles. The van der Waals surface area contributed by atoms with Crippen LogP contribution >= 0.6 is 11.3 Å². The molecule has 0 spiro atoms. The van der Waals surface area contributed by atoms with Gasteiger partial charge in [0.15, 0.2) is 0 Å². The number of nitrogens with zero attached hydrogens (tertiary/aromatic N) is 1. The Kier molecular flexibility index (Phi) is 5.27. The van der Waals surface area contributed by atoms with E-state index in [1.54, 1.807) is 11.3 Å². The van der Waals surface area contributed by atoms with Crippen molar-refractivity contribution in [1.82, 2.24) is 10.2 Å². The van der Waals surface area contributed by atoms with Crippen molar-refractivity contribution in [3.8, 4) is 0 Å². The van der Waals surface area contributed by atoms with Crippen molar-refractivity contribution in [1.29, 1.82) is 0 Å². The molecule has 1 amide bonds. The molecule has 1 aliphatic rings. The second kappa shape index (κ2) is 6.79. The molecule has 0 unspecified atom stereocenters. The molecule has 0 aliphatic carbocycles. The molecular formula is C16H26N2O2S. The lowest BCUT2D eigenvalue weighted by Crippen LogP contribution is -2.44. The number of likely N-dealkylation sites (tertiary alicyclic amines) is 1. The van der Waals surface area contributed by atoms with Crippen molar-refractivity contribution in [2.45, 2.75) is 58.2 Å². The van der Waals surface area contributed by atoms with Crippen molar-refractivity contribution >= 4 is 17.4 Å². The molecule has 2 rings (SSSR count). The SMILES string of the molecule is C[C@H](NC[C@@H]1CCCN1C(=O)OC(C)(C)C)c1cccs1. The predicted molar refractivity (Wildman–Crippen MR) is 86.7 cm³/mol. The highest BCUT2D eigenvalue weighted by atomic mass is 32.1. The molecule has 1 aromatic heterocycles. The average Bonchev–Trinajstić information content (AvgIpc) is 3.04. The lowest BCUT2D eigenvalue weighted by Gasteiger charge is -2.29. The zero-order valence-corrected chi connectivity index (χ0v) is 14.2. The van der Waals surface area contributed by atoms with Crippen LogP contribution in [0.15, 0.2) is 17.5 Å². The van der Waals surface area contributed by atoms with Gasteiger partial charge in [0.2, 0.25) is 0 Å². The second-order valence-corrected chi connectivity index (χ2v) is 7.59. The number of carbonyl (C=O) groups is 1. The normalized spacial score (nSPS) is 20.6. The summed E-state index contributed by atoms with van der Waals surface area (Å²) in [5.74, 6) is 0. The van der Waals surface area contributed by atoms with E-state index in [4.69, 9.17) is 4.74 Å². The van der Waals surface area contributed by atoms with E-state index in [0.29, 0.717) is 6.04 Å². The maximum Gasteiger partial charge on any atom is 0.410 e. The van der Waals surface area contributed by atoms with Crippen LogP contribution < -0.4 is 5.32 Å². The van der Waals surface area contributed by atoms with Gasteiger partial charge in [-0.25, -0.2) is 4.79 Å². The van der Waals surface area contributed by atoms with E-state index in [9.17, 15) is 4.79 Å². The minimum Gasteiger partial charge on any atom is -0.444 e. The highest BCUT2D eigenvalue weighted by Crippen LogP contribution is 2.22. The quantitative estimate of drug-likeness (QED) is 0.919. The van der Waals surface area contributed by atoms with Crippen LogP contribution in [0.3, 0.4) is 0 Å². The summed E-state index contributed by atoms with van der Waals surface area (Å²) >= 11 is 1.76. The number of nitrogens with one attached hydrogen (secondary N) is 1. The third-order valence-electron chi connectivity index (χ3n) is 3.63. The van der Waals surface area contributed by atoms with Gasteiger partial charge in [0.1, 0.15) is 5.60 Å². The van der Waals surface area contributed by atoms with Crippen LogP contribution in [0.25, 0.3) is 0 Å². The van der Waals surface area contributed by atoms with E-state index in [2.05, 4.69) is 29.8 Å². The van der Waals surface area contributed by atoms with Gasteiger partial charge < -0.3 is 15.0 Å². The van der Waals surface area contributed by atoms with Gasteiger partial charge in [-0.3, -0.25) is 0 Å². The van der Waals surface area contributed by atoms with Crippen LogP contribution in [0, 0.1) is 0 Å². The zero-order valence-electron chi connectivity index (χ0n) is 13.4. The molecule has 4 nitrogen and oxygen atoms in total. The lowest BCUT2D eigenvalue weighted by molar-refractivity contribution is 0.0225. The summed E-state index contributed by atoms with van der Waals surface area (Å²) in [5.41, 5.74) is -0.429. The lowest BCUT2D eigenvalue weighted by atomic mass is 10.2. The Morgan fingerprint density at radius 2 is 2.33 bits per heavy atom. The number of carbonyl (C=O) groups excluding carboxylic acids is 1. The van der Waals surface area contributed by atoms with E-state index in [0.717, 1.165) is 25.9 Å². The Labute approximate surface area is 131 Å². The van der Waals surface area contributed by atoms with Gasteiger partial charge in [-0.15, -0.1) is 11.3 Å². The highest BCUT2D eigenvalue weighted by Gasteiger charge is 2.32. The van der Waals surface area contributed by atoms with Gasteiger partial charge in [-0.05, 0) is 52.0 Å². The minimum absolute atomic E-state index is 0.185. The Morgan fingerprint density at radius 1 is 1.57 bits per heavy atom. The molecule has 5 heteroatoms. The van der Waals surface area contributed by atoms with E-state index in [-0.39, 0.29) is 12.1 Å². The number of hydrogen-bond donors (Lipinski definition) is 1. The summed E-state index contributed by atoms with van der Waals surface area (Å²) < 4.78 is 5.49. The molecule has 2 atom stereocenters. The van der Waals surface area contributed by atoms with E-state index < -0.39 is 5.60 Å². The van der Waals surface area contributed by atoms with E-state index >= 15 is 0 Å². The Morgan fingerprint density at radius 3 is 2.95 bits per heavy atom. The summed E-state index contributed by atoms with van der Waals surface area (Å²) in [6, 6.07) is 4.77. The summed E-state index contributed by atoms with van der Waals surface area (Å²) in [6.45, 7) is 9.51. The second-order valence-electron chi connectivity index (χ2n) is 6.62. The van der Waals surface area contributed by atoms with Gasteiger partial charge >= 0.3 is 6.09 Å². The van der Waals surface area contributed by atoms with E-state index in [1.165, 1.54) is 4.88 Å². The first-order valence-electron chi connectivity index (χ1n) is 7.63. The first kappa shape index (κ1) is 16.3. The summed E-state index contributed by atoms with van der Waals surface area (Å²) in [7, 11) is 0. The fourth-order valence-electron chi connectivity index (χ4n) is 2.56. The van der Waals surface area contributed by atoms with Gasteiger partial charge in [-0.1, -0.05) is 6.07 Å². The molecule has 1 saturated heterocycles. The van der Waals surface area contributed by atoms with Crippen molar-refractivity contribution < 1.29 is 9.53 Å². The summed E-state index contributed by atoms with van der Waals surface area (Å²) in [6.07, 6.45) is 1.91. The summed E-state index contributed by atoms with van der Waals surface area (Å²) in [5, 5.41) is 5.63. The first-order valence-corrected chi connectivity index (χ1v) is 8.51. The Bertz CT molecular complexity index is 453. The largest absolute Gasteiger partial charge is 0.444 e. The van der Waals surface area contributed by atoms with Gasteiger partial charge in [-0.2, -0.15) is 0 Å². The third-order valence-corrected chi connectivity index (χ3v) is 4.69. The molecule has 0 radical (unpaired) electrons. The van der Waals surface area contributed by atoms with Crippen molar-refractivity contribution in [3.63, 3.8) is 0 Å². The molecule has 1 fully saturated rings. The van der Waals surface area contributed by atoms with Crippen LogP contribution in [0.1, 0.15) is 51.5 Å². The number of hydrogen-bond acceptors (Lipinski definition) is 4. The molecule has 0 saturated carbocycles. The third kappa shape index (κ3) is 4.71. The molecule has 0 bridgehead atoms. The van der Waals surface area contributed by atoms with Crippen LogP contribution in [0.4, 0.5) is 4.79 Å². The maximum atomic E-state index is 12.2. The van der Waals surface area contributed by atoms with Crippen LogP contribution in [0.2, 0.25) is 0 Å². The molecule has 1 aromatic rings. The Balaban J connectivity index is 1.86. The molecular weight excluding hydrogens is 284 g/mol. The fourth-order valence-corrected chi connectivity index (χ4v) is 3.32. The van der Waals surface area contributed by atoms with E-state index in [1.807, 2.05) is 25.7 Å². The molecule has 1 aliphatic heterocycles. The smallest absolute Gasteiger partial charge is 0.410 e. The van der Waals surface area contributed by atoms with Crippen molar-refractivity contribution in [3.05, 3.63) is 22.4 Å². The number of ether oxygens (including phenoxy) is 1. The Hall–Kier alpha value is -1.07. The average molecular weight is 310 g/mol. The predicted octanol–water partition coefficient (Wildman–Crippen LogP) is 3.80. The summed E-state index contributed by atoms with van der Waals surface area (Å²) in [4.78, 5) is 15.4. The standard InChI is InChI=1S/C16H26N2O2S/c1-12(14-8-6-10-21-14)17-11-13-7-5-9-18(13)15(19)20-16(2,3)4/h6,8,10,12-13,17H,5,7,9,11H2,1-4H3/t12-,13-/m0/s1. The van der Waals surface area contributed by atoms with Gasteiger partial charge in [0.25, 0.3) is 0 Å². The van der Waals surface area contributed by atoms with Gasteiger partial charge in [0, 0.05) is 30.1 Å². The highest BCUT2D eigenvalue weighted by molar-refractivity contribution is 7.10. The van der Waals surface area contributed by atoms with Crippen LogP contribution in [0.5, 0.6) is 0 Å². The maximum absolute atomic E-state index is 12.2. The molecule has 1 N–H and O–H groups in total. The van der Waals surface area contributed by atoms with Crippen LogP contribution in [-0.4, -0.2) is 35.7 Å². The van der Waals surface area contributed by atoms with Crippen molar-refractivity contribution in [2.24, 2.45) is 0 Å². The minimum atomic E-state index is -0.429. The monoisotopic (exact) mass is 310 g/mol. The van der Waals surface area contributed by atoms with Crippen LogP contribution in [-0.2, 0) is 4.74 Å². The molecule has 2 heterocycles. The zero-order chi connectivity index (χ0) is 15.5. The fraction of sp³-hybridized carbons (Fsp3) is 0.688. The molecule has 21 heavy (non-hydrogen) atoms. The number of thiophene rings is 1. The van der Waals surface area contributed by atoms with Crippen molar-refractivity contribution in [2.75, 3.05) is 13.1 Å². The number of rotatable bonds is 4. The number of amides is 1. The molecule has 118 valence electrons. The first-order chi connectivity index (χ1) is 9.87.